The van der Waals surface area contributed by atoms with Gasteiger partial charge in [-0.15, -0.1) is 0 Å². The van der Waals surface area contributed by atoms with Gasteiger partial charge in [-0.25, -0.2) is 4.68 Å². The Hall–Kier alpha value is -2.35. The van der Waals surface area contributed by atoms with Crippen LogP contribution in [0.2, 0.25) is 0 Å². The summed E-state index contributed by atoms with van der Waals surface area (Å²) in [4.78, 5) is 13.3. The molecular formula is C22H31N3O4S. The average Bonchev–Trinajstić information content (AvgIpc) is 3.27. The van der Waals surface area contributed by atoms with Gasteiger partial charge in [0.05, 0.1) is 31.1 Å². The molecule has 1 aliphatic heterocycles. The van der Waals surface area contributed by atoms with Crippen LogP contribution >= 0.6 is 11.8 Å². The molecule has 0 unspecified atom stereocenters. The molecule has 0 fully saturated rings. The molecule has 0 bridgehead atoms. The minimum atomic E-state index is -0.247. The Labute approximate surface area is 182 Å². The van der Waals surface area contributed by atoms with Gasteiger partial charge in [0.2, 0.25) is 5.75 Å². The van der Waals surface area contributed by atoms with Crippen molar-refractivity contribution in [3.8, 4) is 17.2 Å². The molecule has 0 saturated heterocycles. The molecule has 7 nitrogen and oxygen atoms in total. The average molecular weight is 434 g/mol. The van der Waals surface area contributed by atoms with Crippen LogP contribution in [-0.4, -0.2) is 35.5 Å². The molecule has 1 amide bonds. The van der Waals surface area contributed by atoms with Crippen molar-refractivity contribution in [3.05, 3.63) is 29.0 Å². The molecule has 164 valence electrons. The van der Waals surface area contributed by atoms with E-state index in [2.05, 4.69) is 26.1 Å². The fourth-order valence-electron chi connectivity index (χ4n) is 3.33. The number of carbonyl (C=O) groups is 1. The Morgan fingerprint density at radius 1 is 1.07 bits per heavy atom. The molecular weight excluding hydrogens is 402 g/mol. The van der Waals surface area contributed by atoms with Gasteiger partial charge in [-0.1, -0.05) is 0 Å². The molecule has 0 atom stereocenters. The third-order valence-corrected chi connectivity index (χ3v) is 5.56. The number of ether oxygens (including phenoxy) is 3. The van der Waals surface area contributed by atoms with E-state index in [-0.39, 0.29) is 11.4 Å². The number of benzene rings is 1. The quantitative estimate of drug-likeness (QED) is 0.642. The van der Waals surface area contributed by atoms with Crippen LogP contribution < -0.4 is 19.5 Å². The molecule has 8 heteroatoms. The van der Waals surface area contributed by atoms with Crippen molar-refractivity contribution in [1.29, 1.82) is 0 Å². The van der Waals surface area contributed by atoms with Gasteiger partial charge in [0.25, 0.3) is 5.91 Å². The summed E-state index contributed by atoms with van der Waals surface area (Å²) in [7, 11) is 0. The molecule has 2 heterocycles. The summed E-state index contributed by atoms with van der Waals surface area (Å²) in [5, 5.41) is 7.85. The molecule has 0 aliphatic carbocycles. The smallest absolute Gasteiger partial charge is 0.257 e. The Bertz CT molecular complexity index is 891. The molecule has 1 aromatic carbocycles. The lowest BCUT2D eigenvalue weighted by Gasteiger charge is -2.23. The van der Waals surface area contributed by atoms with Crippen LogP contribution in [0.5, 0.6) is 17.2 Å². The van der Waals surface area contributed by atoms with Gasteiger partial charge in [0, 0.05) is 22.6 Å². The Balaban J connectivity index is 2.00. The number of nitrogens with one attached hydrogen (secondary N) is 1. The molecule has 0 radical (unpaired) electrons. The van der Waals surface area contributed by atoms with Crippen LogP contribution in [0, 0.1) is 0 Å². The van der Waals surface area contributed by atoms with Crippen molar-refractivity contribution in [3.63, 3.8) is 0 Å². The number of thioether (sulfide) groups is 1. The van der Waals surface area contributed by atoms with E-state index >= 15 is 0 Å². The van der Waals surface area contributed by atoms with Gasteiger partial charge >= 0.3 is 0 Å². The van der Waals surface area contributed by atoms with Gasteiger partial charge in [-0.2, -0.15) is 16.9 Å². The topological polar surface area (TPSA) is 74.6 Å². The second-order valence-electron chi connectivity index (χ2n) is 7.90. The first-order valence-corrected chi connectivity index (χ1v) is 11.5. The van der Waals surface area contributed by atoms with Gasteiger partial charge in [-0.05, 0) is 53.7 Å². The number of carbonyl (C=O) groups excluding carboxylic acids is 1. The van der Waals surface area contributed by atoms with Gasteiger partial charge in [0.15, 0.2) is 11.5 Å². The first-order valence-electron chi connectivity index (χ1n) is 10.4. The SMILES string of the molecule is CCOc1cc(C(=O)Nc2c3c(nn2C(C)(C)C)CSC3)cc(OCC)c1OCC. The summed E-state index contributed by atoms with van der Waals surface area (Å²) in [5.74, 6) is 3.77. The molecule has 3 rings (SSSR count). The maximum atomic E-state index is 13.3. The van der Waals surface area contributed by atoms with E-state index in [1.807, 2.05) is 37.2 Å². The number of hydrogen-bond donors (Lipinski definition) is 1. The lowest BCUT2D eigenvalue weighted by molar-refractivity contribution is 0.102. The monoisotopic (exact) mass is 433 g/mol. The summed E-state index contributed by atoms with van der Waals surface area (Å²) < 4.78 is 19.2. The summed E-state index contributed by atoms with van der Waals surface area (Å²) in [6, 6.07) is 3.41. The maximum absolute atomic E-state index is 13.3. The summed E-state index contributed by atoms with van der Waals surface area (Å²) in [5.41, 5.74) is 2.35. The van der Waals surface area contributed by atoms with Crippen molar-refractivity contribution in [1.82, 2.24) is 9.78 Å². The van der Waals surface area contributed by atoms with Crippen molar-refractivity contribution >= 4 is 23.5 Å². The Kier molecular flexibility index (Phi) is 6.85. The highest BCUT2D eigenvalue weighted by Gasteiger charge is 2.29. The molecule has 30 heavy (non-hydrogen) atoms. The fourth-order valence-corrected chi connectivity index (χ4v) is 4.36. The Morgan fingerprint density at radius 2 is 1.67 bits per heavy atom. The number of amides is 1. The lowest BCUT2D eigenvalue weighted by atomic mass is 10.1. The normalized spacial score (nSPS) is 13.1. The first kappa shape index (κ1) is 22.3. The van der Waals surface area contributed by atoms with E-state index in [4.69, 9.17) is 19.3 Å². The highest BCUT2D eigenvalue weighted by atomic mass is 32.2. The molecule has 1 aromatic heterocycles. The van der Waals surface area contributed by atoms with Crippen LogP contribution in [0.15, 0.2) is 12.1 Å². The van der Waals surface area contributed by atoms with Crippen LogP contribution in [0.1, 0.15) is 63.2 Å². The van der Waals surface area contributed by atoms with Crippen LogP contribution in [0.25, 0.3) is 0 Å². The second kappa shape index (κ2) is 9.20. The molecule has 0 spiro atoms. The highest BCUT2D eigenvalue weighted by molar-refractivity contribution is 7.98. The van der Waals surface area contributed by atoms with Crippen molar-refractivity contribution in [2.75, 3.05) is 25.1 Å². The zero-order valence-electron chi connectivity index (χ0n) is 18.6. The predicted molar refractivity (Wildman–Crippen MR) is 120 cm³/mol. The number of hydrogen-bond acceptors (Lipinski definition) is 6. The van der Waals surface area contributed by atoms with Gasteiger partial charge < -0.3 is 19.5 Å². The molecule has 2 aromatic rings. The van der Waals surface area contributed by atoms with Crippen molar-refractivity contribution in [2.24, 2.45) is 0 Å². The molecule has 1 N–H and O–H groups in total. The van der Waals surface area contributed by atoms with E-state index < -0.39 is 0 Å². The Morgan fingerprint density at radius 3 is 2.20 bits per heavy atom. The van der Waals surface area contributed by atoms with E-state index in [9.17, 15) is 4.79 Å². The number of fused-ring (bicyclic) bond motifs is 1. The van der Waals surface area contributed by atoms with Gasteiger partial charge in [0.1, 0.15) is 5.82 Å². The zero-order valence-corrected chi connectivity index (χ0v) is 19.4. The number of rotatable bonds is 8. The second-order valence-corrected chi connectivity index (χ2v) is 8.89. The van der Waals surface area contributed by atoms with E-state index in [0.29, 0.717) is 42.6 Å². The maximum Gasteiger partial charge on any atom is 0.257 e. The van der Waals surface area contributed by atoms with Crippen molar-refractivity contribution < 1.29 is 19.0 Å². The van der Waals surface area contributed by atoms with E-state index in [0.717, 1.165) is 28.6 Å². The van der Waals surface area contributed by atoms with Crippen LogP contribution in [-0.2, 0) is 17.0 Å². The highest BCUT2D eigenvalue weighted by Crippen LogP contribution is 2.40. The first-order chi connectivity index (χ1) is 14.3. The number of anilines is 1. The van der Waals surface area contributed by atoms with Gasteiger partial charge in [-0.3, -0.25) is 4.79 Å². The minimum absolute atomic E-state index is 0.231. The summed E-state index contributed by atoms with van der Waals surface area (Å²) in [6.45, 7) is 13.3. The summed E-state index contributed by atoms with van der Waals surface area (Å²) in [6.07, 6.45) is 0. The standard InChI is InChI=1S/C22H31N3O4S/c1-7-27-17-10-14(11-18(28-8-2)19(17)29-9-3)21(26)23-20-15-12-30-13-16(15)24-25(20)22(4,5)6/h10-11H,7-9,12-13H2,1-6H3,(H,23,26). The number of nitrogens with zero attached hydrogens (tertiary/aromatic N) is 2. The van der Waals surface area contributed by atoms with E-state index in [1.165, 1.54) is 0 Å². The fraction of sp³-hybridized carbons (Fsp3) is 0.545. The lowest BCUT2D eigenvalue weighted by Crippen LogP contribution is -2.27. The van der Waals surface area contributed by atoms with E-state index in [1.54, 1.807) is 12.1 Å². The third kappa shape index (κ3) is 4.53. The molecule has 1 aliphatic rings. The number of aromatic nitrogens is 2. The van der Waals surface area contributed by atoms with Crippen LogP contribution in [0.3, 0.4) is 0 Å². The summed E-state index contributed by atoms with van der Waals surface area (Å²) >= 11 is 1.81. The predicted octanol–water partition coefficient (Wildman–Crippen LogP) is 4.83. The largest absolute Gasteiger partial charge is 0.490 e. The zero-order chi connectivity index (χ0) is 21.9. The van der Waals surface area contributed by atoms with Crippen molar-refractivity contribution in [2.45, 2.75) is 58.6 Å². The molecule has 0 saturated carbocycles. The third-order valence-electron chi connectivity index (χ3n) is 4.59. The van der Waals surface area contributed by atoms with Crippen LogP contribution in [0.4, 0.5) is 5.82 Å². The minimum Gasteiger partial charge on any atom is -0.490 e.